The van der Waals surface area contributed by atoms with E-state index in [-0.39, 0.29) is 5.56 Å². The fourth-order valence-corrected chi connectivity index (χ4v) is 1.93. The van der Waals surface area contributed by atoms with Gasteiger partial charge in [-0.05, 0) is 13.8 Å². The summed E-state index contributed by atoms with van der Waals surface area (Å²) < 4.78 is 1.49. The monoisotopic (exact) mass is 195 g/mol. The van der Waals surface area contributed by atoms with Gasteiger partial charge in [-0.3, -0.25) is 9.20 Å². The molecule has 0 saturated carbocycles. The third kappa shape index (κ3) is 1.12. The molecule has 68 valence electrons. The third-order valence-electron chi connectivity index (χ3n) is 2.02. The molecule has 2 aromatic heterocycles. The molecule has 4 nitrogen and oxygen atoms in total. The average molecular weight is 195 g/mol. The third-order valence-corrected chi connectivity index (χ3v) is 2.83. The van der Waals surface area contributed by atoms with Gasteiger partial charge in [0, 0.05) is 17.5 Å². The molecule has 0 aromatic carbocycles. The van der Waals surface area contributed by atoms with E-state index in [0.29, 0.717) is 15.5 Å². The van der Waals surface area contributed by atoms with Crippen LogP contribution in [0, 0.1) is 13.8 Å². The fraction of sp³-hybridized carbons (Fsp3) is 0.250. The van der Waals surface area contributed by atoms with Crippen LogP contribution >= 0.6 is 11.3 Å². The molecule has 0 atom stereocenters. The Bertz CT molecular complexity index is 526. The van der Waals surface area contributed by atoms with Gasteiger partial charge in [-0.25, -0.2) is 4.98 Å². The number of aromatic nitrogens is 2. The molecule has 0 saturated heterocycles. The van der Waals surface area contributed by atoms with Crippen molar-refractivity contribution >= 4 is 21.3 Å². The van der Waals surface area contributed by atoms with E-state index in [1.165, 1.54) is 15.7 Å². The van der Waals surface area contributed by atoms with Crippen molar-refractivity contribution in [2.24, 2.45) is 0 Å². The van der Waals surface area contributed by atoms with Gasteiger partial charge in [-0.2, -0.15) is 0 Å². The molecule has 13 heavy (non-hydrogen) atoms. The standard InChI is InChI=1S/C8H9N3OS/c1-4-5(2)10-8-11(7(4)12)3-6(9)13-8/h3H,9H2,1-2H3. The maximum atomic E-state index is 11.6. The summed E-state index contributed by atoms with van der Waals surface area (Å²) in [6.45, 7) is 3.59. The first-order valence-corrected chi connectivity index (χ1v) is 4.66. The Morgan fingerprint density at radius 3 is 2.92 bits per heavy atom. The summed E-state index contributed by atoms with van der Waals surface area (Å²) in [6, 6.07) is 0. The molecule has 0 radical (unpaired) electrons. The Kier molecular flexibility index (Phi) is 1.63. The van der Waals surface area contributed by atoms with Gasteiger partial charge in [0.25, 0.3) is 5.56 Å². The van der Waals surface area contributed by atoms with Crippen molar-refractivity contribution < 1.29 is 0 Å². The second-order valence-electron chi connectivity index (χ2n) is 2.91. The molecule has 2 heterocycles. The summed E-state index contributed by atoms with van der Waals surface area (Å²) in [7, 11) is 0. The summed E-state index contributed by atoms with van der Waals surface area (Å²) in [5.74, 6) is 0. The Hall–Kier alpha value is -1.36. The lowest BCUT2D eigenvalue weighted by molar-refractivity contribution is 1.01. The molecule has 2 aromatic rings. The first-order chi connectivity index (χ1) is 6.09. The Morgan fingerprint density at radius 2 is 2.23 bits per heavy atom. The summed E-state index contributed by atoms with van der Waals surface area (Å²) in [4.78, 5) is 16.6. The Balaban J connectivity index is 3.01. The highest BCUT2D eigenvalue weighted by molar-refractivity contribution is 7.20. The molecule has 0 fully saturated rings. The average Bonchev–Trinajstić information content (AvgIpc) is 2.42. The highest BCUT2D eigenvalue weighted by Crippen LogP contribution is 2.16. The van der Waals surface area contributed by atoms with Gasteiger partial charge >= 0.3 is 0 Å². The van der Waals surface area contributed by atoms with E-state index in [4.69, 9.17) is 5.73 Å². The van der Waals surface area contributed by atoms with E-state index in [1.807, 2.05) is 6.92 Å². The minimum Gasteiger partial charge on any atom is -0.389 e. The van der Waals surface area contributed by atoms with Crippen molar-refractivity contribution in [3.63, 3.8) is 0 Å². The number of hydrogen-bond donors (Lipinski definition) is 1. The van der Waals surface area contributed by atoms with Crippen molar-refractivity contribution in [3.8, 4) is 0 Å². The molecule has 2 rings (SSSR count). The van der Waals surface area contributed by atoms with Crippen LogP contribution in [0.3, 0.4) is 0 Å². The van der Waals surface area contributed by atoms with E-state index in [1.54, 1.807) is 13.1 Å². The number of anilines is 1. The summed E-state index contributed by atoms with van der Waals surface area (Å²) in [5.41, 5.74) is 6.99. The van der Waals surface area contributed by atoms with Crippen molar-refractivity contribution in [3.05, 3.63) is 27.8 Å². The predicted molar refractivity (Wildman–Crippen MR) is 53.2 cm³/mol. The molecule has 0 aliphatic heterocycles. The molecular weight excluding hydrogens is 186 g/mol. The van der Waals surface area contributed by atoms with E-state index in [2.05, 4.69) is 4.98 Å². The van der Waals surface area contributed by atoms with Gasteiger partial charge in [0.15, 0.2) is 4.96 Å². The fourth-order valence-electron chi connectivity index (χ4n) is 1.15. The maximum Gasteiger partial charge on any atom is 0.261 e. The van der Waals surface area contributed by atoms with Crippen LogP contribution in [0.4, 0.5) is 5.00 Å². The Labute approximate surface area is 78.7 Å². The maximum absolute atomic E-state index is 11.6. The molecule has 5 heteroatoms. The number of hydrogen-bond acceptors (Lipinski definition) is 4. The topological polar surface area (TPSA) is 60.4 Å². The minimum atomic E-state index is -0.0320. The van der Waals surface area contributed by atoms with E-state index < -0.39 is 0 Å². The largest absolute Gasteiger partial charge is 0.389 e. The highest BCUT2D eigenvalue weighted by Gasteiger charge is 2.07. The number of rotatable bonds is 0. The molecule has 0 aliphatic rings. The number of thiazole rings is 1. The smallest absolute Gasteiger partial charge is 0.261 e. The normalized spacial score (nSPS) is 10.9. The number of aryl methyl sites for hydroxylation is 1. The molecule has 0 aliphatic carbocycles. The van der Waals surface area contributed by atoms with Gasteiger partial charge < -0.3 is 5.73 Å². The van der Waals surface area contributed by atoms with E-state index in [0.717, 1.165) is 5.69 Å². The van der Waals surface area contributed by atoms with Crippen LogP contribution in [0.15, 0.2) is 11.0 Å². The second-order valence-corrected chi connectivity index (χ2v) is 3.95. The lowest BCUT2D eigenvalue weighted by Crippen LogP contribution is -2.17. The predicted octanol–water partition coefficient (Wildman–Crippen LogP) is 0.955. The van der Waals surface area contributed by atoms with Crippen LogP contribution < -0.4 is 11.3 Å². The van der Waals surface area contributed by atoms with Gasteiger partial charge in [0.1, 0.15) is 5.00 Å². The van der Waals surface area contributed by atoms with Gasteiger partial charge in [-0.1, -0.05) is 11.3 Å². The Morgan fingerprint density at radius 1 is 1.54 bits per heavy atom. The van der Waals surface area contributed by atoms with Gasteiger partial charge in [0.05, 0.1) is 0 Å². The van der Waals surface area contributed by atoms with Crippen LogP contribution in [-0.4, -0.2) is 9.38 Å². The molecule has 0 bridgehead atoms. The van der Waals surface area contributed by atoms with E-state index >= 15 is 0 Å². The summed E-state index contributed by atoms with van der Waals surface area (Å²) in [6.07, 6.45) is 1.61. The van der Waals surface area contributed by atoms with Crippen LogP contribution in [0.25, 0.3) is 4.96 Å². The zero-order valence-electron chi connectivity index (χ0n) is 7.37. The summed E-state index contributed by atoms with van der Waals surface area (Å²) in [5, 5.41) is 0.606. The SMILES string of the molecule is Cc1nc2sc(N)cn2c(=O)c1C. The number of nitrogen functional groups attached to an aromatic ring is 1. The van der Waals surface area contributed by atoms with Crippen molar-refractivity contribution in [2.75, 3.05) is 5.73 Å². The zero-order valence-corrected chi connectivity index (χ0v) is 8.18. The van der Waals surface area contributed by atoms with Gasteiger partial charge in [0.2, 0.25) is 0 Å². The highest BCUT2D eigenvalue weighted by atomic mass is 32.1. The molecule has 2 N–H and O–H groups in total. The molecule has 0 amide bonds. The first-order valence-electron chi connectivity index (χ1n) is 3.84. The summed E-state index contributed by atoms with van der Waals surface area (Å²) >= 11 is 1.32. The second kappa shape index (κ2) is 2.56. The van der Waals surface area contributed by atoms with Crippen LogP contribution in [0.2, 0.25) is 0 Å². The van der Waals surface area contributed by atoms with Crippen molar-refractivity contribution in [1.29, 1.82) is 0 Å². The van der Waals surface area contributed by atoms with Crippen LogP contribution in [-0.2, 0) is 0 Å². The van der Waals surface area contributed by atoms with Crippen molar-refractivity contribution in [1.82, 2.24) is 9.38 Å². The molecule has 0 unspecified atom stereocenters. The number of nitrogens with zero attached hydrogens (tertiary/aromatic N) is 2. The lowest BCUT2D eigenvalue weighted by atomic mass is 10.3. The zero-order chi connectivity index (χ0) is 9.59. The number of fused-ring (bicyclic) bond motifs is 1. The van der Waals surface area contributed by atoms with Crippen LogP contribution in [0.5, 0.6) is 0 Å². The van der Waals surface area contributed by atoms with Gasteiger partial charge in [-0.15, -0.1) is 0 Å². The molecule has 0 spiro atoms. The first kappa shape index (κ1) is 8.25. The van der Waals surface area contributed by atoms with Crippen LogP contribution in [0.1, 0.15) is 11.3 Å². The van der Waals surface area contributed by atoms with E-state index in [9.17, 15) is 4.79 Å². The quantitative estimate of drug-likeness (QED) is 0.681. The van der Waals surface area contributed by atoms with Crippen molar-refractivity contribution in [2.45, 2.75) is 13.8 Å². The minimum absolute atomic E-state index is 0.0320. The lowest BCUT2D eigenvalue weighted by Gasteiger charge is -1.97. The number of nitrogens with two attached hydrogens (primary N) is 1. The molecular formula is C8H9N3OS.